The summed E-state index contributed by atoms with van der Waals surface area (Å²) in [7, 11) is 0. The first kappa shape index (κ1) is 11.9. The topological polar surface area (TPSA) is 44.1 Å². The zero-order valence-corrected chi connectivity index (χ0v) is 10.2. The van der Waals surface area contributed by atoms with Crippen LogP contribution in [-0.2, 0) is 4.79 Å². The molecule has 3 nitrogen and oxygen atoms in total. The number of carbonyl (C=O) groups excluding carboxylic acids is 1. The Kier molecular flexibility index (Phi) is 3.65. The molecule has 0 aliphatic carbocycles. The Morgan fingerprint density at radius 3 is 2.71 bits per heavy atom. The lowest BCUT2D eigenvalue weighted by molar-refractivity contribution is -0.111. The van der Waals surface area contributed by atoms with Gasteiger partial charge in [0.05, 0.1) is 11.3 Å². The minimum absolute atomic E-state index is 0.170. The SMILES string of the molecule is N#Cc1cc(Cl)ccc1N1CCC(C=O)CC1. The molecule has 0 unspecified atom stereocenters. The maximum atomic E-state index is 10.7. The average molecular weight is 249 g/mol. The summed E-state index contributed by atoms with van der Waals surface area (Å²) >= 11 is 5.86. The molecular formula is C13H13ClN2O. The van der Waals surface area contributed by atoms with Crippen LogP contribution >= 0.6 is 11.6 Å². The summed E-state index contributed by atoms with van der Waals surface area (Å²) in [6, 6.07) is 7.52. The quantitative estimate of drug-likeness (QED) is 0.756. The van der Waals surface area contributed by atoms with Gasteiger partial charge in [-0.2, -0.15) is 5.26 Å². The molecule has 1 aromatic carbocycles. The molecule has 1 heterocycles. The molecule has 0 spiro atoms. The van der Waals surface area contributed by atoms with Crippen LogP contribution in [0, 0.1) is 17.2 Å². The minimum atomic E-state index is 0.170. The zero-order valence-electron chi connectivity index (χ0n) is 9.40. The molecule has 1 saturated heterocycles. The summed E-state index contributed by atoms with van der Waals surface area (Å²) in [6.07, 6.45) is 2.75. The highest BCUT2D eigenvalue weighted by Crippen LogP contribution is 2.27. The van der Waals surface area contributed by atoms with E-state index in [1.165, 1.54) is 0 Å². The standard InChI is InChI=1S/C13H13ClN2O/c14-12-1-2-13(11(7-12)8-15)16-5-3-10(9-17)4-6-16/h1-2,7,9-10H,3-6H2. The molecule has 1 aliphatic heterocycles. The summed E-state index contributed by atoms with van der Waals surface area (Å²) in [5.41, 5.74) is 1.52. The van der Waals surface area contributed by atoms with E-state index in [0.717, 1.165) is 37.9 Å². The van der Waals surface area contributed by atoms with Gasteiger partial charge in [-0.1, -0.05) is 11.6 Å². The number of hydrogen-bond donors (Lipinski definition) is 0. The van der Waals surface area contributed by atoms with Gasteiger partial charge in [-0.3, -0.25) is 0 Å². The van der Waals surface area contributed by atoms with Crippen molar-refractivity contribution in [3.05, 3.63) is 28.8 Å². The predicted molar refractivity (Wildman–Crippen MR) is 67.2 cm³/mol. The first-order valence-corrected chi connectivity index (χ1v) is 6.02. The minimum Gasteiger partial charge on any atom is -0.370 e. The molecule has 0 radical (unpaired) electrons. The van der Waals surface area contributed by atoms with Gasteiger partial charge >= 0.3 is 0 Å². The average Bonchev–Trinajstić information content (AvgIpc) is 2.39. The number of anilines is 1. The molecule has 0 saturated carbocycles. The second-order valence-electron chi connectivity index (χ2n) is 4.23. The fourth-order valence-corrected chi connectivity index (χ4v) is 2.32. The molecule has 0 N–H and O–H groups in total. The molecule has 17 heavy (non-hydrogen) atoms. The van der Waals surface area contributed by atoms with E-state index in [-0.39, 0.29) is 5.92 Å². The van der Waals surface area contributed by atoms with Gasteiger partial charge in [0.2, 0.25) is 0 Å². The van der Waals surface area contributed by atoms with Crippen LogP contribution in [0.3, 0.4) is 0 Å². The van der Waals surface area contributed by atoms with Crippen LogP contribution in [0.15, 0.2) is 18.2 Å². The Labute approximate surface area is 106 Å². The van der Waals surface area contributed by atoms with Gasteiger partial charge in [-0.15, -0.1) is 0 Å². The molecule has 0 amide bonds. The Bertz CT molecular complexity index is 459. The van der Waals surface area contributed by atoms with Gasteiger partial charge in [-0.05, 0) is 31.0 Å². The van der Waals surface area contributed by atoms with Crippen molar-refractivity contribution in [3.8, 4) is 6.07 Å². The van der Waals surface area contributed by atoms with Crippen LogP contribution < -0.4 is 4.90 Å². The number of benzene rings is 1. The van der Waals surface area contributed by atoms with Gasteiger partial charge in [-0.25, -0.2) is 0 Å². The first-order chi connectivity index (χ1) is 8.24. The molecule has 88 valence electrons. The summed E-state index contributed by atoms with van der Waals surface area (Å²) in [5.74, 6) is 0.170. The fourth-order valence-electron chi connectivity index (χ4n) is 2.15. The van der Waals surface area contributed by atoms with Gasteiger partial charge in [0.15, 0.2) is 0 Å². The maximum absolute atomic E-state index is 10.7. The van der Waals surface area contributed by atoms with Crippen molar-refractivity contribution in [1.29, 1.82) is 5.26 Å². The Balaban J connectivity index is 2.19. The molecule has 0 atom stereocenters. The van der Waals surface area contributed by atoms with Crippen LogP contribution in [0.25, 0.3) is 0 Å². The lowest BCUT2D eigenvalue weighted by Gasteiger charge is -2.32. The van der Waals surface area contributed by atoms with E-state index in [9.17, 15) is 4.79 Å². The number of nitrogens with zero attached hydrogens (tertiary/aromatic N) is 2. The Morgan fingerprint density at radius 2 is 2.12 bits per heavy atom. The van der Waals surface area contributed by atoms with Crippen LogP contribution in [0.5, 0.6) is 0 Å². The van der Waals surface area contributed by atoms with Gasteiger partial charge in [0.1, 0.15) is 12.4 Å². The summed E-state index contributed by atoms with van der Waals surface area (Å²) in [6.45, 7) is 1.64. The number of piperidine rings is 1. The number of nitriles is 1. The van der Waals surface area contributed by atoms with Gasteiger partial charge in [0, 0.05) is 24.0 Å². The number of carbonyl (C=O) groups is 1. The van der Waals surface area contributed by atoms with Gasteiger partial charge in [0.25, 0.3) is 0 Å². The largest absolute Gasteiger partial charge is 0.370 e. The van der Waals surface area contributed by atoms with E-state index in [4.69, 9.17) is 16.9 Å². The van der Waals surface area contributed by atoms with Gasteiger partial charge < -0.3 is 9.69 Å². The zero-order chi connectivity index (χ0) is 12.3. The van der Waals surface area contributed by atoms with Crippen molar-refractivity contribution in [2.75, 3.05) is 18.0 Å². The molecule has 1 aliphatic rings. The monoisotopic (exact) mass is 248 g/mol. The first-order valence-electron chi connectivity index (χ1n) is 5.64. The molecule has 0 aromatic heterocycles. The summed E-state index contributed by atoms with van der Waals surface area (Å²) in [5, 5.41) is 9.66. The second kappa shape index (κ2) is 5.20. The number of rotatable bonds is 2. The van der Waals surface area contributed by atoms with E-state index in [1.54, 1.807) is 12.1 Å². The molecule has 1 aromatic rings. The highest BCUT2D eigenvalue weighted by molar-refractivity contribution is 6.30. The van der Waals surface area contributed by atoms with Crippen LogP contribution in [-0.4, -0.2) is 19.4 Å². The van der Waals surface area contributed by atoms with E-state index in [2.05, 4.69) is 11.0 Å². The third kappa shape index (κ3) is 2.59. The Morgan fingerprint density at radius 1 is 1.41 bits per heavy atom. The van der Waals surface area contributed by atoms with Crippen molar-refractivity contribution in [1.82, 2.24) is 0 Å². The maximum Gasteiger partial charge on any atom is 0.123 e. The van der Waals surface area contributed by atoms with Crippen molar-refractivity contribution in [3.63, 3.8) is 0 Å². The van der Waals surface area contributed by atoms with Crippen LogP contribution in [0.2, 0.25) is 5.02 Å². The number of hydrogen-bond acceptors (Lipinski definition) is 3. The second-order valence-corrected chi connectivity index (χ2v) is 4.67. The third-order valence-corrected chi connectivity index (χ3v) is 3.39. The van der Waals surface area contributed by atoms with Crippen molar-refractivity contribution >= 4 is 23.6 Å². The van der Waals surface area contributed by atoms with Crippen LogP contribution in [0.4, 0.5) is 5.69 Å². The van der Waals surface area contributed by atoms with Crippen molar-refractivity contribution in [2.45, 2.75) is 12.8 Å². The molecule has 1 fully saturated rings. The number of halogens is 1. The fraction of sp³-hybridized carbons (Fsp3) is 0.385. The van der Waals surface area contributed by atoms with E-state index in [1.807, 2.05) is 6.07 Å². The molecule has 0 bridgehead atoms. The lowest BCUT2D eigenvalue weighted by atomic mass is 9.97. The highest BCUT2D eigenvalue weighted by atomic mass is 35.5. The van der Waals surface area contributed by atoms with Crippen molar-refractivity contribution in [2.24, 2.45) is 5.92 Å². The molecule has 2 rings (SSSR count). The van der Waals surface area contributed by atoms with Crippen LogP contribution in [0.1, 0.15) is 18.4 Å². The Hall–Kier alpha value is -1.53. The third-order valence-electron chi connectivity index (χ3n) is 3.15. The number of aldehydes is 1. The molecular weight excluding hydrogens is 236 g/mol. The predicted octanol–water partition coefficient (Wildman–Crippen LogP) is 2.63. The smallest absolute Gasteiger partial charge is 0.123 e. The highest BCUT2D eigenvalue weighted by Gasteiger charge is 2.20. The van der Waals surface area contributed by atoms with Crippen molar-refractivity contribution < 1.29 is 4.79 Å². The normalized spacial score (nSPS) is 16.6. The lowest BCUT2D eigenvalue weighted by Crippen LogP contribution is -2.34. The van der Waals surface area contributed by atoms with E-state index in [0.29, 0.717) is 10.6 Å². The van der Waals surface area contributed by atoms with E-state index >= 15 is 0 Å². The summed E-state index contributed by atoms with van der Waals surface area (Å²) < 4.78 is 0. The molecule has 4 heteroatoms. The summed E-state index contributed by atoms with van der Waals surface area (Å²) in [4.78, 5) is 12.8. The van der Waals surface area contributed by atoms with E-state index < -0.39 is 0 Å².